The van der Waals surface area contributed by atoms with E-state index in [9.17, 15) is 4.79 Å². The van der Waals surface area contributed by atoms with Crippen LogP contribution in [0.4, 0.5) is 0 Å². The third kappa shape index (κ3) is 0.981. The zero-order valence-electron chi connectivity index (χ0n) is 5.97. The average Bonchev–Trinajstić information content (AvgIpc) is 2.62. The minimum atomic E-state index is 0.0558. The van der Waals surface area contributed by atoms with Crippen molar-refractivity contribution in [2.75, 3.05) is 0 Å². The molecule has 2 nitrogen and oxygen atoms in total. The van der Waals surface area contributed by atoms with Crippen LogP contribution in [0.15, 0.2) is 4.99 Å². The molecule has 1 fully saturated rings. The van der Waals surface area contributed by atoms with Crippen LogP contribution >= 0.6 is 0 Å². The van der Waals surface area contributed by atoms with Crippen LogP contribution in [0, 0.1) is 0 Å². The molecule has 0 radical (unpaired) electrons. The number of hydrogen-bond donors (Lipinski definition) is 0. The number of ketones is 1. The second kappa shape index (κ2) is 2.19. The maximum Gasteiger partial charge on any atom is 0.163 e. The first-order valence-electron chi connectivity index (χ1n) is 3.97. The Morgan fingerprint density at radius 2 is 2.00 bits per heavy atom. The lowest BCUT2D eigenvalue weighted by atomic mass is 10.00. The summed E-state index contributed by atoms with van der Waals surface area (Å²) in [5.74, 6) is 0.356. The van der Waals surface area contributed by atoms with E-state index >= 15 is 0 Å². The predicted molar refractivity (Wildman–Crippen MR) is 39.3 cm³/mol. The van der Waals surface area contributed by atoms with Crippen LogP contribution in [0.3, 0.4) is 0 Å². The molecule has 0 spiro atoms. The molecule has 0 N–H and O–H groups in total. The fourth-order valence-corrected chi connectivity index (χ4v) is 1.51. The topological polar surface area (TPSA) is 29.4 Å². The Hall–Kier alpha value is -0.660. The molecule has 0 aromatic rings. The summed E-state index contributed by atoms with van der Waals surface area (Å²) in [5, 5.41) is 0. The van der Waals surface area contributed by atoms with Gasteiger partial charge in [-0.1, -0.05) is 6.42 Å². The molecule has 2 heteroatoms. The lowest BCUT2D eigenvalue weighted by Gasteiger charge is -2.02. The maximum atomic E-state index is 11.1. The van der Waals surface area contributed by atoms with Crippen molar-refractivity contribution in [3.8, 4) is 0 Å². The van der Waals surface area contributed by atoms with Crippen molar-refractivity contribution in [2.24, 2.45) is 4.99 Å². The van der Waals surface area contributed by atoms with Gasteiger partial charge in [-0.2, -0.15) is 0 Å². The summed E-state index contributed by atoms with van der Waals surface area (Å²) in [7, 11) is 0. The Morgan fingerprint density at radius 3 is 2.90 bits per heavy atom. The van der Waals surface area contributed by atoms with Gasteiger partial charge in [0.2, 0.25) is 0 Å². The summed E-state index contributed by atoms with van der Waals surface area (Å²) < 4.78 is 0. The van der Waals surface area contributed by atoms with E-state index in [2.05, 4.69) is 4.99 Å². The summed E-state index contributed by atoms with van der Waals surface area (Å²) in [6.45, 7) is 0. The van der Waals surface area contributed by atoms with E-state index in [1.54, 1.807) is 0 Å². The molecular formula is C8H11NO. The molecular weight excluding hydrogens is 126 g/mol. The molecule has 1 saturated carbocycles. The highest BCUT2D eigenvalue weighted by Gasteiger charge is 2.34. The van der Waals surface area contributed by atoms with Crippen molar-refractivity contribution >= 4 is 11.5 Å². The van der Waals surface area contributed by atoms with Gasteiger partial charge in [-0.3, -0.25) is 9.79 Å². The van der Waals surface area contributed by atoms with Gasteiger partial charge < -0.3 is 0 Å². The molecule has 2 aliphatic rings. The first-order chi connectivity index (χ1) is 4.88. The minimum absolute atomic E-state index is 0.0558. The zero-order chi connectivity index (χ0) is 6.97. The van der Waals surface area contributed by atoms with Crippen molar-refractivity contribution in [3.05, 3.63) is 0 Å². The first-order valence-corrected chi connectivity index (χ1v) is 3.97. The van der Waals surface area contributed by atoms with E-state index in [0.29, 0.717) is 5.78 Å². The van der Waals surface area contributed by atoms with E-state index < -0.39 is 0 Å². The van der Waals surface area contributed by atoms with E-state index in [1.165, 1.54) is 18.6 Å². The van der Waals surface area contributed by atoms with Gasteiger partial charge in [0.25, 0.3) is 0 Å². The number of carbonyl (C=O) groups excluding carboxylic acids is 1. The number of Topliss-reactive ketones (excluding diaryl/α,β-unsaturated/α-hetero) is 1. The highest BCUT2D eigenvalue weighted by molar-refractivity contribution is 6.18. The van der Waals surface area contributed by atoms with Gasteiger partial charge in [-0.15, -0.1) is 0 Å². The molecule has 54 valence electrons. The number of carbonyl (C=O) groups is 1. The number of aliphatic imine (C=N–C) groups is 1. The van der Waals surface area contributed by atoms with Crippen molar-refractivity contribution in [1.82, 2.24) is 0 Å². The first kappa shape index (κ1) is 6.08. The molecule has 1 atom stereocenters. The largest absolute Gasteiger partial charge is 0.297 e. The quantitative estimate of drug-likeness (QED) is 0.495. The van der Waals surface area contributed by atoms with Crippen LogP contribution in [0.5, 0.6) is 0 Å². The highest BCUT2D eigenvalue weighted by atomic mass is 16.1. The summed E-state index contributed by atoms with van der Waals surface area (Å²) in [5.41, 5.74) is 1.17. The SMILES string of the molecule is O=C1CCCCCC2=NC12. The Bertz CT molecular complexity index is 195. The standard InChI is InChI=1S/C8H11NO/c10-7-5-3-1-2-4-6-8(7)9-6/h8H,1-5H2. The average molecular weight is 137 g/mol. The van der Waals surface area contributed by atoms with E-state index in [1.807, 2.05) is 0 Å². The lowest BCUT2D eigenvalue weighted by molar-refractivity contribution is -0.118. The van der Waals surface area contributed by atoms with Gasteiger partial charge in [0.1, 0.15) is 6.04 Å². The van der Waals surface area contributed by atoms with Gasteiger partial charge in [0.05, 0.1) is 0 Å². The third-order valence-electron chi connectivity index (χ3n) is 2.20. The highest BCUT2D eigenvalue weighted by Crippen LogP contribution is 2.24. The summed E-state index contributed by atoms with van der Waals surface area (Å²) >= 11 is 0. The van der Waals surface area contributed by atoms with Gasteiger partial charge in [0.15, 0.2) is 5.78 Å². The summed E-state index contributed by atoms with van der Waals surface area (Å²) in [6, 6.07) is 0.0558. The molecule has 1 heterocycles. The number of nitrogens with zero attached hydrogens (tertiary/aromatic N) is 1. The molecule has 0 aromatic heterocycles. The van der Waals surface area contributed by atoms with E-state index in [-0.39, 0.29) is 6.04 Å². The van der Waals surface area contributed by atoms with Crippen LogP contribution in [0.2, 0.25) is 0 Å². The van der Waals surface area contributed by atoms with Gasteiger partial charge in [0, 0.05) is 12.1 Å². The lowest BCUT2D eigenvalue weighted by Crippen LogP contribution is -2.14. The second-order valence-electron chi connectivity index (χ2n) is 3.05. The number of hydrogen-bond acceptors (Lipinski definition) is 2. The Labute approximate surface area is 60.3 Å². The number of rotatable bonds is 0. The summed E-state index contributed by atoms with van der Waals surface area (Å²) in [4.78, 5) is 15.2. The molecule has 1 aliphatic heterocycles. The molecule has 1 aliphatic carbocycles. The molecule has 2 rings (SSSR count). The van der Waals surface area contributed by atoms with E-state index in [0.717, 1.165) is 19.3 Å². The van der Waals surface area contributed by atoms with Crippen LogP contribution in [-0.4, -0.2) is 17.5 Å². The molecule has 0 aromatic carbocycles. The van der Waals surface area contributed by atoms with Crippen molar-refractivity contribution < 1.29 is 4.79 Å². The molecule has 0 saturated heterocycles. The van der Waals surface area contributed by atoms with Gasteiger partial charge in [-0.25, -0.2) is 0 Å². The Balaban J connectivity index is 1.98. The van der Waals surface area contributed by atoms with Crippen molar-refractivity contribution in [3.63, 3.8) is 0 Å². The fraction of sp³-hybridized carbons (Fsp3) is 0.750. The fourth-order valence-electron chi connectivity index (χ4n) is 1.51. The van der Waals surface area contributed by atoms with Crippen LogP contribution in [0.1, 0.15) is 32.1 Å². The molecule has 10 heavy (non-hydrogen) atoms. The predicted octanol–water partition coefficient (Wildman–Crippen LogP) is 1.34. The number of fused-ring (bicyclic) bond motifs is 1. The van der Waals surface area contributed by atoms with E-state index in [4.69, 9.17) is 0 Å². The van der Waals surface area contributed by atoms with Gasteiger partial charge in [-0.05, 0) is 19.3 Å². The van der Waals surface area contributed by atoms with Crippen LogP contribution < -0.4 is 0 Å². The maximum absolute atomic E-state index is 11.1. The smallest absolute Gasteiger partial charge is 0.163 e. The normalized spacial score (nSPS) is 31.8. The van der Waals surface area contributed by atoms with Crippen LogP contribution in [0.25, 0.3) is 0 Å². The molecule has 0 bridgehead atoms. The van der Waals surface area contributed by atoms with Gasteiger partial charge >= 0.3 is 0 Å². The zero-order valence-corrected chi connectivity index (χ0v) is 5.97. The molecule has 1 unspecified atom stereocenters. The third-order valence-corrected chi connectivity index (χ3v) is 2.20. The van der Waals surface area contributed by atoms with Crippen molar-refractivity contribution in [1.29, 1.82) is 0 Å². The monoisotopic (exact) mass is 137 g/mol. The summed E-state index contributed by atoms with van der Waals surface area (Å²) in [6.07, 6.45) is 5.37. The minimum Gasteiger partial charge on any atom is -0.297 e. The molecule has 0 amide bonds. The van der Waals surface area contributed by atoms with Crippen LogP contribution in [-0.2, 0) is 4.79 Å². The Morgan fingerprint density at radius 1 is 1.20 bits per heavy atom. The van der Waals surface area contributed by atoms with Crippen molar-refractivity contribution in [2.45, 2.75) is 38.1 Å². The second-order valence-corrected chi connectivity index (χ2v) is 3.05. The Kier molecular flexibility index (Phi) is 1.33.